The summed E-state index contributed by atoms with van der Waals surface area (Å²) in [5, 5.41) is 21.7. The van der Waals surface area contributed by atoms with Gasteiger partial charge < -0.3 is 30.3 Å². The summed E-state index contributed by atoms with van der Waals surface area (Å²) in [7, 11) is 0. The minimum absolute atomic E-state index is 0.00927. The second kappa shape index (κ2) is 15.9. The number of aliphatic carboxylic acids is 2. The van der Waals surface area contributed by atoms with Crippen molar-refractivity contribution in [2.24, 2.45) is 11.7 Å². The van der Waals surface area contributed by atoms with Crippen molar-refractivity contribution < 1.29 is 60.4 Å². The number of nitrogens with one attached hydrogen (secondary N) is 1. The van der Waals surface area contributed by atoms with Gasteiger partial charge in [0, 0.05) is 36.7 Å². The van der Waals surface area contributed by atoms with Crippen LogP contribution >= 0.6 is 0 Å². The molecule has 0 amide bonds. The zero-order valence-electron chi connectivity index (χ0n) is 21.1. The number of esters is 1. The third-order valence-electron chi connectivity index (χ3n) is 5.08. The SMILES string of the molecule is N=C(N)c1cccc(OCCOC(=O)C2CCN(c3ccncc3)CC2)c1.O=C(O)C(F)(F)F.O=C(O)C(F)(F)F. The van der Waals surface area contributed by atoms with E-state index in [0.29, 0.717) is 11.3 Å². The van der Waals surface area contributed by atoms with E-state index < -0.39 is 24.3 Å². The van der Waals surface area contributed by atoms with Gasteiger partial charge in [-0.25, -0.2) is 9.59 Å². The summed E-state index contributed by atoms with van der Waals surface area (Å²) in [6, 6.07) is 11.0. The highest BCUT2D eigenvalue weighted by Crippen LogP contribution is 2.23. The van der Waals surface area contributed by atoms with E-state index in [1.165, 1.54) is 0 Å². The smallest absolute Gasteiger partial charge is 0.490 e. The number of nitrogens with zero attached hydrogens (tertiary/aromatic N) is 2. The summed E-state index contributed by atoms with van der Waals surface area (Å²) in [6.45, 7) is 2.13. The first-order valence-electron chi connectivity index (χ1n) is 11.5. The van der Waals surface area contributed by atoms with Crippen LogP contribution in [0.15, 0.2) is 48.8 Å². The van der Waals surface area contributed by atoms with Crippen LogP contribution in [0.25, 0.3) is 0 Å². The number of halogens is 6. The normalized spacial score (nSPS) is 13.5. The molecule has 17 heteroatoms. The van der Waals surface area contributed by atoms with Gasteiger partial charge in [0.25, 0.3) is 0 Å². The van der Waals surface area contributed by atoms with Gasteiger partial charge in [-0.3, -0.25) is 15.2 Å². The molecule has 0 bridgehead atoms. The highest BCUT2D eigenvalue weighted by atomic mass is 19.4. The van der Waals surface area contributed by atoms with Crippen molar-refractivity contribution in [2.45, 2.75) is 25.2 Å². The molecule has 1 aliphatic heterocycles. The Morgan fingerprint density at radius 2 is 1.46 bits per heavy atom. The molecular formula is C24H26F6N4O7. The van der Waals surface area contributed by atoms with E-state index in [1.54, 1.807) is 36.7 Å². The number of alkyl halides is 6. The van der Waals surface area contributed by atoms with Crippen LogP contribution in [0.3, 0.4) is 0 Å². The fourth-order valence-electron chi connectivity index (χ4n) is 3.10. The Kier molecular flexibility index (Phi) is 13.3. The standard InChI is InChI=1S/C20H24N4O3.2C2HF3O2/c21-19(22)16-2-1-3-18(14-16)26-12-13-27-20(25)15-6-10-24(11-7-15)17-4-8-23-9-5-17;2*3-2(4,5)1(6)7/h1-5,8-9,14-15H,6-7,10-13H2,(H3,21,22);2*(H,6,7). The van der Waals surface area contributed by atoms with Crippen molar-refractivity contribution in [1.29, 1.82) is 5.41 Å². The average molecular weight is 596 g/mol. The number of aromatic nitrogens is 1. The van der Waals surface area contributed by atoms with Gasteiger partial charge in [-0.15, -0.1) is 0 Å². The summed E-state index contributed by atoms with van der Waals surface area (Å²) >= 11 is 0. The van der Waals surface area contributed by atoms with E-state index in [9.17, 15) is 31.1 Å². The number of anilines is 1. The Morgan fingerprint density at radius 3 is 1.93 bits per heavy atom. The number of benzene rings is 1. The minimum Gasteiger partial charge on any atom is -0.490 e. The van der Waals surface area contributed by atoms with Crippen molar-refractivity contribution in [3.8, 4) is 5.75 Å². The lowest BCUT2D eigenvalue weighted by atomic mass is 9.97. The maximum Gasteiger partial charge on any atom is 0.490 e. The summed E-state index contributed by atoms with van der Waals surface area (Å²) in [4.78, 5) is 36.3. The predicted molar refractivity (Wildman–Crippen MR) is 130 cm³/mol. The lowest BCUT2D eigenvalue weighted by Crippen LogP contribution is -2.37. The molecule has 226 valence electrons. The number of pyridine rings is 1. The molecule has 0 atom stereocenters. The topological polar surface area (TPSA) is 176 Å². The molecule has 0 unspecified atom stereocenters. The zero-order chi connectivity index (χ0) is 31.2. The van der Waals surface area contributed by atoms with E-state index in [4.69, 9.17) is 40.4 Å². The van der Waals surface area contributed by atoms with Crippen LogP contribution in [0.5, 0.6) is 5.75 Å². The summed E-state index contributed by atoms with van der Waals surface area (Å²) in [5.74, 6) is -5.15. The Hall–Kier alpha value is -4.57. The molecule has 0 spiro atoms. The average Bonchev–Trinajstić information content (AvgIpc) is 2.91. The van der Waals surface area contributed by atoms with Gasteiger partial charge in [0.05, 0.1) is 5.92 Å². The maximum absolute atomic E-state index is 12.2. The maximum atomic E-state index is 12.2. The molecule has 1 aromatic carbocycles. The molecule has 1 aliphatic rings. The molecular weight excluding hydrogens is 570 g/mol. The highest BCUT2D eigenvalue weighted by Gasteiger charge is 2.38. The van der Waals surface area contributed by atoms with Crippen LogP contribution in [-0.4, -0.2) is 77.6 Å². The predicted octanol–water partition coefficient (Wildman–Crippen LogP) is 3.47. The Labute approximate surface area is 229 Å². The number of carboxylic acid groups (broad SMARTS) is 2. The van der Waals surface area contributed by atoms with Crippen LogP contribution in [0.1, 0.15) is 18.4 Å². The molecule has 5 N–H and O–H groups in total. The number of nitrogens with two attached hydrogens (primary N) is 1. The number of carbonyl (C=O) groups excluding carboxylic acids is 1. The van der Waals surface area contributed by atoms with Gasteiger partial charge in [-0.2, -0.15) is 26.3 Å². The van der Waals surface area contributed by atoms with Crippen LogP contribution in [-0.2, 0) is 19.1 Å². The molecule has 1 saturated heterocycles. The number of amidine groups is 1. The van der Waals surface area contributed by atoms with Crippen molar-refractivity contribution in [3.63, 3.8) is 0 Å². The largest absolute Gasteiger partial charge is 0.490 e. The first-order chi connectivity index (χ1) is 19.0. The molecule has 1 aromatic heterocycles. The third-order valence-corrected chi connectivity index (χ3v) is 5.08. The van der Waals surface area contributed by atoms with E-state index >= 15 is 0 Å². The van der Waals surface area contributed by atoms with Crippen LogP contribution in [0.4, 0.5) is 32.0 Å². The van der Waals surface area contributed by atoms with Crippen LogP contribution in [0.2, 0.25) is 0 Å². The molecule has 11 nitrogen and oxygen atoms in total. The van der Waals surface area contributed by atoms with Gasteiger partial charge in [0.2, 0.25) is 0 Å². The Bertz CT molecular complexity index is 1130. The number of nitrogen functional groups attached to an aromatic ring is 1. The van der Waals surface area contributed by atoms with Gasteiger partial charge in [0.1, 0.15) is 24.8 Å². The number of hydrogen-bond acceptors (Lipinski definition) is 8. The Morgan fingerprint density at radius 1 is 0.951 bits per heavy atom. The van der Waals surface area contributed by atoms with E-state index in [1.807, 2.05) is 12.1 Å². The fourth-order valence-corrected chi connectivity index (χ4v) is 3.10. The molecule has 2 aromatic rings. The second-order valence-electron chi connectivity index (χ2n) is 8.03. The van der Waals surface area contributed by atoms with Crippen LogP contribution < -0.4 is 15.4 Å². The summed E-state index contributed by atoms with van der Waals surface area (Å²) in [5.41, 5.74) is 7.20. The van der Waals surface area contributed by atoms with E-state index in [-0.39, 0.29) is 30.9 Å². The Balaban J connectivity index is 0.000000497. The number of carboxylic acids is 2. The first-order valence-corrected chi connectivity index (χ1v) is 11.5. The van der Waals surface area contributed by atoms with Gasteiger partial charge in [0.15, 0.2) is 0 Å². The molecule has 0 aliphatic carbocycles. The second-order valence-corrected chi connectivity index (χ2v) is 8.03. The van der Waals surface area contributed by atoms with Gasteiger partial charge in [-0.1, -0.05) is 12.1 Å². The van der Waals surface area contributed by atoms with Crippen molar-refractivity contribution in [3.05, 3.63) is 54.4 Å². The number of piperidine rings is 1. The molecule has 2 heterocycles. The molecule has 0 radical (unpaired) electrons. The number of carbonyl (C=O) groups is 3. The van der Waals surface area contributed by atoms with Crippen molar-refractivity contribution >= 4 is 29.4 Å². The fraction of sp³-hybridized carbons (Fsp3) is 0.375. The van der Waals surface area contributed by atoms with Gasteiger partial charge >= 0.3 is 30.3 Å². The third kappa shape index (κ3) is 13.4. The van der Waals surface area contributed by atoms with E-state index in [2.05, 4.69) is 9.88 Å². The lowest BCUT2D eigenvalue weighted by molar-refractivity contribution is -0.193. The highest BCUT2D eigenvalue weighted by molar-refractivity contribution is 5.95. The van der Waals surface area contributed by atoms with Crippen LogP contribution in [0, 0.1) is 11.3 Å². The summed E-state index contributed by atoms with van der Waals surface area (Å²) < 4.78 is 74.4. The first kappa shape index (κ1) is 34.5. The molecule has 3 rings (SSSR count). The zero-order valence-corrected chi connectivity index (χ0v) is 21.1. The number of hydrogen-bond donors (Lipinski definition) is 4. The molecule has 41 heavy (non-hydrogen) atoms. The summed E-state index contributed by atoms with van der Waals surface area (Å²) in [6.07, 6.45) is -5.05. The number of rotatable bonds is 7. The molecule has 0 saturated carbocycles. The molecule has 1 fully saturated rings. The van der Waals surface area contributed by atoms with Crippen molar-refractivity contribution in [1.82, 2.24) is 4.98 Å². The minimum atomic E-state index is -5.08. The van der Waals surface area contributed by atoms with Crippen molar-refractivity contribution in [2.75, 3.05) is 31.2 Å². The number of ether oxygens (including phenoxy) is 2. The monoisotopic (exact) mass is 596 g/mol. The quantitative estimate of drug-likeness (QED) is 0.122. The lowest BCUT2D eigenvalue weighted by Gasteiger charge is -2.32. The van der Waals surface area contributed by atoms with Gasteiger partial charge in [-0.05, 0) is 37.1 Å². The van der Waals surface area contributed by atoms with E-state index in [0.717, 1.165) is 31.6 Å².